The largest absolute Gasteiger partial charge is 0.345 e. The number of carbonyl (C=O) groups excluding carboxylic acids is 1. The zero-order chi connectivity index (χ0) is 16.7. The minimum Gasteiger partial charge on any atom is -0.345 e. The Hall–Kier alpha value is -1.60. The zero-order valence-corrected chi connectivity index (χ0v) is 15.6. The molecule has 1 heterocycles. The molecule has 0 bridgehead atoms. The number of aromatic amines is 1. The first-order chi connectivity index (χ1) is 11.6. The number of benzene rings is 2. The monoisotopic (exact) mass is 451 g/mol. The number of halogens is 2. The van der Waals surface area contributed by atoms with Gasteiger partial charge >= 0.3 is 0 Å². The third-order valence-electron chi connectivity index (χ3n) is 4.40. The van der Waals surface area contributed by atoms with Crippen LogP contribution >= 0.6 is 34.2 Å². The molecule has 0 spiro atoms. The van der Waals surface area contributed by atoms with Crippen molar-refractivity contribution >= 4 is 51.0 Å². The smallest absolute Gasteiger partial charge is 0.251 e. The summed E-state index contributed by atoms with van der Waals surface area (Å²) in [6, 6.07) is 13.3. The van der Waals surface area contributed by atoms with Gasteiger partial charge in [-0.15, -0.1) is 0 Å². The zero-order valence-electron chi connectivity index (χ0n) is 12.7. The van der Waals surface area contributed by atoms with E-state index >= 15 is 0 Å². The average molecular weight is 452 g/mol. The van der Waals surface area contributed by atoms with Crippen LogP contribution in [-0.2, 0) is 0 Å². The first kappa shape index (κ1) is 15.9. The van der Waals surface area contributed by atoms with E-state index in [1.807, 2.05) is 42.5 Å². The van der Waals surface area contributed by atoms with Crippen molar-refractivity contribution in [1.82, 2.24) is 15.5 Å². The molecule has 1 aliphatic rings. The van der Waals surface area contributed by atoms with Crippen molar-refractivity contribution in [3.05, 3.63) is 62.3 Å². The van der Waals surface area contributed by atoms with Crippen LogP contribution in [0.25, 0.3) is 10.9 Å². The quantitative estimate of drug-likeness (QED) is 0.565. The maximum atomic E-state index is 12.8. The molecule has 1 amide bonds. The number of H-pyrrole nitrogens is 1. The van der Waals surface area contributed by atoms with E-state index in [0.29, 0.717) is 16.5 Å². The minimum atomic E-state index is -0.0780. The molecule has 1 fully saturated rings. The van der Waals surface area contributed by atoms with E-state index in [4.69, 9.17) is 11.6 Å². The molecular formula is C18H15ClIN3O. The van der Waals surface area contributed by atoms with Crippen LogP contribution in [0.1, 0.15) is 34.8 Å². The van der Waals surface area contributed by atoms with Crippen LogP contribution in [0.4, 0.5) is 0 Å². The Bertz CT molecular complexity index is 920. The second-order valence-corrected chi connectivity index (χ2v) is 7.51. The summed E-state index contributed by atoms with van der Waals surface area (Å²) >= 11 is 8.50. The van der Waals surface area contributed by atoms with Gasteiger partial charge in [0.05, 0.1) is 11.6 Å². The molecule has 0 radical (unpaired) electrons. The number of hydrogen-bond donors (Lipinski definition) is 2. The first-order valence-electron chi connectivity index (χ1n) is 7.82. The summed E-state index contributed by atoms with van der Waals surface area (Å²) < 4.78 is 0.863. The maximum absolute atomic E-state index is 12.8. The number of nitrogens with one attached hydrogen (secondary N) is 2. The predicted octanol–water partition coefficient (Wildman–Crippen LogP) is 4.70. The van der Waals surface area contributed by atoms with Gasteiger partial charge in [-0.05, 0) is 71.2 Å². The third-order valence-corrected chi connectivity index (χ3v) is 5.57. The molecule has 2 aromatic carbocycles. The van der Waals surface area contributed by atoms with Gasteiger partial charge in [-0.2, -0.15) is 5.10 Å². The summed E-state index contributed by atoms with van der Waals surface area (Å²) in [6.45, 7) is 0. The lowest BCUT2D eigenvalue weighted by Gasteiger charge is -2.20. The van der Waals surface area contributed by atoms with Gasteiger partial charge in [-0.25, -0.2) is 0 Å². The molecule has 1 aliphatic carbocycles. The number of carbonyl (C=O) groups is 1. The van der Waals surface area contributed by atoms with Gasteiger partial charge < -0.3 is 5.32 Å². The summed E-state index contributed by atoms with van der Waals surface area (Å²) in [5, 5.41) is 12.0. The second kappa shape index (κ2) is 6.37. The van der Waals surface area contributed by atoms with E-state index in [9.17, 15) is 4.79 Å². The normalized spacial score (nSPS) is 15.4. The van der Waals surface area contributed by atoms with Crippen molar-refractivity contribution in [3.8, 4) is 0 Å². The van der Waals surface area contributed by atoms with Crippen molar-refractivity contribution in [3.63, 3.8) is 0 Å². The van der Waals surface area contributed by atoms with Crippen LogP contribution in [0.15, 0.2) is 42.5 Å². The van der Waals surface area contributed by atoms with Gasteiger partial charge in [0.1, 0.15) is 3.70 Å². The molecule has 4 rings (SSSR count). The molecule has 4 nitrogen and oxygen atoms in total. The molecule has 0 aliphatic heterocycles. The highest BCUT2D eigenvalue weighted by atomic mass is 127. The van der Waals surface area contributed by atoms with Gasteiger partial charge in [0.25, 0.3) is 5.91 Å². The van der Waals surface area contributed by atoms with Crippen LogP contribution in [0.3, 0.4) is 0 Å². The SMILES string of the molecule is O=C(N[C@H](c1ccccc1Cl)C1CC1)c1ccc2[nH]nc(I)c2c1. The predicted molar refractivity (Wildman–Crippen MR) is 103 cm³/mol. The molecule has 0 unspecified atom stereocenters. The van der Waals surface area contributed by atoms with Crippen LogP contribution in [0, 0.1) is 9.62 Å². The molecule has 1 aromatic heterocycles. The van der Waals surface area contributed by atoms with Crippen LogP contribution in [-0.4, -0.2) is 16.1 Å². The van der Waals surface area contributed by atoms with Crippen LogP contribution < -0.4 is 5.32 Å². The highest BCUT2D eigenvalue weighted by molar-refractivity contribution is 14.1. The Balaban J connectivity index is 1.63. The lowest BCUT2D eigenvalue weighted by atomic mass is 10.0. The molecular weight excluding hydrogens is 437 g/mol. The molecule has 2 N–H and O–H groups in total. The standard InChI is InChI=1S/C18H15ClIN3O/c19-14-4-2-1-3-12(14)16(10-5-6-10)21-18(24)11-7-8-15-13(9-11)17(20)23-22-15/h1-4,7-10,16H,5-6H2,(H,21,24)(H,22,23)/t16-/m0/s1. The fraction of sp³-hybridized carbons (Fsp3) is 0.222. The Kier molecular flexibility index (Phi) is 4.22. The van der Waals surface area contributed by atoms with Gasteiger partial charge in [0, 0.05) is 16.0 Å². The van der Waals surface area contributed by atoms with E-state index in [1.165, 1.54) is 0 Å². The van der Waals surface area contributed by atoms with Crippen molar-refractivity contribution in [2.75, 3.05) is 0 Å². The average Bonchev–Trinajstić information content (AvgIpc) is 3.37. The Morgan fingerprint density at radius 1 is 1.29 bits per heavy atom. The molecule has 3 aromatic rings. The molecule has 0 saturated heterocycles. The van der Waals surface area contributed by atoms with Crippen LogP contribution in [0.5, 0.6) is 0 Å². The van der Waals surface area contributed by atoms with E-state index in [1.54, 1.807) is 0 Å². The number of aromatic nitrogens is 2. The second-order valence-electron chi connectivity index (χ2n) is 6.08. The summed E-state index contributed by atoms with van der Waals surface area (Å²) in [5.41, 5.74) is 2.56. The Morgan fingerprint density at radius 3 is 2.83 bits per heavy atom. The number of hydrogen-bond acceptors (Lipinski definition) is 2. The van der Waals surface area contributed by atoms with Gasteiger partial charge in [-0.1, -0.05) is 29.8 Å². The number of rotatable bonds is 4. The van der Waals surface area contributed by atoms with E-state index in [0.717, 1.165) is 33.0 Å². The highest BCUT2D eigenvalue weighted by Gasteiger charge is 2.34. The summed E-state index contributed by atoms with van der Waals surface area (Å²) in [5.74, 6) is 0.386. The molecule has 1 saturated carbocycles. The Morgan fingerprint density at radius 2 is 2.08 bits per heavy atom. The van der Waals surface area contributed by atoms with Gasteiger partial charge in [-0.3, -0.25) is 9.89 Å². The van der Waals surface area contributed by atoms with Gasteiger partial charge in [0.15, 0.2) is 0 Å². The molecule has 122 valence electrons. The molecule has 24 heavy (non-hydrogen) atoms. The van der Waals surface area contributed by atoms with Crippen molar-refractivity contribution in [2.45, 2.75) is 18.9 Å². The summed E-state index contributed by atoms with van der Waals surface area (Å²) in [4.78, 5) is 12.8. The third kappa shape index (κ3) is 3.02. The Labute approximate surface area is 158 Å². The topological polar surface area (TPSA) is 57.8 Å². The number of nitrogens with zero attached hydrogens (tertiary/aromatic N) is 1. The van der Waals surface area contributed by atoms with Crippen LogP contribution in [0.2, 0.25) is 5.02 Å². The lowest BCUT2D eigenvalue weighted by Crippen LogP contribution is -2.30. The summed E-state index contributed by atoms with van der Waals surface area (Å²) in [7, 11) is 0. The number of fused-ring (bicyclic) bond motifs is 1. The number of amides is 1. The fourth-order valence-electron chi connectivity index (χ4n) is 2.95. The fourth-order valence-corrected chi connectivity index (χ4v) is 3.77. The van der Waals surface area contributed by atoms with E-state index < -0.39 is 0 Å². The maximum Gasteiger partial charge on any atom is 0.251 e. The van der Waals surface area contributed by atoms with Crippen molar-refractivity contribution < 1.29 is 4.79 Å². The lowest BCUT2D eigenvalue weighted by molar-refractivity contribution is 0.0932. The van der Waals surface area contributed by atoms with E-state index in [-0.39, 0.29) is 11.9 Å². The first-order valence-corrected chi connectivity index (χ1v) is 9.28. The van der Waals surface area contributed by atoms with E-state index in [2.05, 4.69) is 38.1 Å². The van der Waals surface area contributed by atoms with Crippen molar-refractivity contribution in [2.24, 2.45) is 5.92 Å². The molecule has 6 heteroatoms. The summed E-state index contributed by atoms with van der Waals surface area (Å²) in [6.07, 6.45) is 2.24. The highest BCUT2D eigenvalue weighted by Crippen LogP contribution is 2.43. The molecule has 1 atom stereocenters. The van der Waals surface area contributed by atoms with Gasteiger partial charge in [0.2, 0.25) is 0 Å². The minimum absolute atomic E-state index is 0.0367. The van der Waals surface area contributed by atoms with Crippen molar-refractivity contribution in [1.29, 1.82) is 0 Å².